The summed E-state index contributed by atoms with van der Waals surface area (Å²) < 4.78 is 0. The summed E-state index contributed by atoms with van der Waals surface area (Å²) in [6.07, 6.45) is 8.67. The van der Waals surface area contributed by atoms with Gasteiger partial charge in [-0.1, -0.05) is 61.2 Å². The third-order valence-electron chi connectivity index (χ3n) is 4.96. The van der Waals surface area contributed by atoms with E-state index in [0.29, 0.717) is 12.1 Å². The van der Waals surface area contributed by atoms with Crippen LogP contribution in [0.5, 0.6) is 0 Å². The molecule has 0 bridgehead atoms. The number of amides is 1. The predicted octanol–water partition coefficient (Wildman–Crippen LogP) is 4.66. The Morgan fingerprint density at radius 2 is 1.83 bits per heavy atom. The van der Waals surface area contributed by atoms with E-state index in [2.05, 4.69) is 34.6 Å². The molecule has 0 aliphatic heterocycles. The third kappa shape index (κ3) is 4.15. The monoisotopic (exact) mass is 342 g/mol. The van der Waals surface area contributed by atoms with Crippen molar-refractivity contribution in [2.45, 2.75) is 38.5 Å². The summed E-state index contributed by atoms with van der Waals surface area (Å²) >= 11 is 6.03. The van der Waals surface area contributed by atoms with Gasteiger partial charge in [-0.05, 0) is 42.4 Å². The van der Waals surface area contributed by atoms with Crippen LogP contribution in [0.2, 0.25) is 5.15 Å². The van der Waals surface area contributed by atoms with Crippen LogP contribution in [0.4, 0.5) is 0 Å². The number of hydrogen-bond donors (Lipinski definition) is 1. The summed E-state index contributed by atoms with van der Waals surface area (Å²) in [5.41, 5.74) is 1.93. The van der Waals surface area contributed by atoms with Gasteiger partial charge in [0.15, 0.2) is 0 Å². The SMILES string of the molecule is O=C(NCC1(Cc2ccccc2)CCCCC1)c1cccnc1Cl. The first-order valence-corrected chi connectivity index (χ1v) is 8.99. The van der Waals surface area contributed by atoms with E-state index in [9.17, 15) is 4.79 Å². The molecule has 0 saturated heterocycles. The van der Waals surface area contributed by atoms with Gasteiger partial charge >= 0.3 is 0 Å². The van der Waals surface area contributed by atoms with Crippen molar-refractivity contribution >= 4 is 17.5 Å². The average Bonchev–Trinajstić information content (AvgIpc) is 2.62. The van der Waals surface area contributed by atoms with Gasteiger partial charge in [0.2, 0.25) is 0 Å². The van der Waals surface area contributed by atoms with Gasteiger partial charge < -0.3 is 5.32 Å². The summed E-state index contributed by atoms with van der Waals surface area (Å²) in [6.45, 7) is 0.686. The van der Waals surface area contributed by atoms with E-state index < -0.39 is 0 Å². The van der Waals surface area contributed by atoms with Crippen LogP contribution >= 0.6 is 11.6 Å². The van der Waals surface area contributed by atoms with E-state index in [1.165, 1.54) is 24.8 Å². The number of carbonyl (C=O) groups excluding carboxylic acids is 1. The normalized spacial score (nSPS) is 16.5. The van der Waals surface area contributed by atoms with Crippen molar-refractivity contribution in [3.05, 3.63) is 64.9 Å². The minimum absolute atomic E-state index is 0.133. The van der Waals surface area contributed by atoms with Crippen molar-refractivity contribution in [2.24, 2.45) is 5.41 Å². The number of carbonyl (C=O) groups is 1. The number of halogens is 1. The Labute approximate surface area is 148 Å². The highest BCUT2D eigenvalue weighted by molar-refractivity contribution is 6.32. The van der Waals surface area contributed by atoms with E-state index in [1.54, 1.807) is 18.3 Å². The van der Waals surface area contributed by atoms with E-state index in [0.717, 1.165) is 19.3 Å². The quantitative estimate of drug-likeness (QED) is 0.803. The summed E-state index contributed by atoms with van der Waals surface area (Å²) in [4.78, 5) is 16.5. The predicted molar refractivity (Wildman–Crippen MR) is 97.2 cm³/mol. The fraction of sp³-hybridized carbons (Fsp3) is 0.400. The highest BCUT2D eigenvalue weighted by Crippen LogP contribution is 2.38. The van der Waals surface area contributed by atoms with Crippen LogP contribution in [0.25, 0.3) is 0 Å². The number of benzene rings is 1. The molecule has 0 spiro atoms. The first-order valence-electron chi connectivity index (χ1n) is 8.61. The van der Waals surface area contributed by atoms with E-state index in [-0.39, 0.29) is 16.5 Å². The molecule has 3 rings (SSSR count). The van der Waals surface area contributed by atoms with Crippen LogP contribution in [0.3, 0.4) is 0 Å². The van der Waals surface area contributed by atoms with Crippen LogP contribution in [0.15, 0.2) is 48.7 Å². The molecule has 1 amide bonds. The van der Waals surface area contributed by atoms with Gasteiger partial charge in [-0.3, -0.25) is 4.79 Å². The topological polar surface area (TPSA) is 42.0 Å². The first-order chi connectivity index (χ1) is 11.7. The van der Waals surface area contributed by atoms with Crippen molar-refractivity contribution in [2.75, 3.05) is 6.54 Å². The van der Waals surface area contributed by atoms with Crippen LogP contribution in [-0.2, 0) is 6.42 Å². The zero-order valence-electron chi connectivity index (χ0n) is 13.8. The second-order valence-electron chi connectivity index (χ2n) is 6.75. The lowest BCUT2D eigenvalue weighted by Gasteiger charge is -2.37. The smallest absolute Gasteiger partial charge is 0.254 e. The standard InChI is InChI=1S/C20H23ClN2O/c21-18-17(10-7-13-22-18)19(24)23-15-20(11-5-2-6-12-20)14-16-8-3-1-4-9-16/h1,3-4,7-10,13H,2,5-6,11-12,14-15H2,(H,23,24). The van der Waals surface area contributed by atoms with Crippen LogP contribution in [-0.4, -0.2) is 17.4 Å². The molecule has 24 heavy (non-hydrogen) atoms. The van der Waals surface area contributed by atoms with Crippen molar-refractivity contribution in [1.82, 2.24) is 10.3 Å². The number of nitrogens with one attached hydrogen (secondary N) is 1. The largest absolute Gasteiger partial charge is 0.351 e. The van der Waals surface area contributed by atoms with Gasteiger partial charge in [0.25, 0.3) is 5.91 Å². The Hall–Kier alpha value is -1.87. The van der Waals surface area contributed by atoms with Gasteiger partial charge in [-0.2, -0.15) is 0 Å². The average molecular weight is 343 g/mol. The van der Waals surface area contributed by atoms with E-state index in [4.69, 9.17) is 11.6 Å². The fourth-order valence-corrected chi connectivity index (χ4v) is 3.87. The van der Waals surface area contributed by atoms with Crippen molar-refractivity contribution in [3.63, 3.8) is 0 Å². The number of aromatic nitrogens is 1. The summed E-state index contributed by atoms with van der Waals surface area (Å²) in [7, 11) is 0. The van der Waals surface area contributed by atoms with Gasteiger partial charge in [0.1, 0.15) is 5.15 Å². The van der Waals surface area contributed by atoms with Crippen molar-refractivity contribution < 1.29 is 4.79 Å². The van der Waals surface area contributed by atoms with Crippen molar-refractivity contribution in [1.29, 1.82) is 0 Å². The molecular formula is C20H23ClN2O. The lowest BCUT2D eigenvalue weighted by Crippen LogP contribution is -2.40. The molecule has 1 saturated carbocycles. The molecule has 1 fully saturated rings. The van der Waals surface area contributed by atoms with Crippen molar-refractivity contribution in [3.8, 4) is 0 Å². The van der Waals surface area contributed by atoms with Gasteiger partial charge in [0.05, 0.1) is 5.56 Å². The lowest BCUT2D eigenvalue weighted by molar-refractivity contribution is 0.0908. The number of pyridine rings is 1. The summed E-state index contributed by atoms with van der Waals surface area (Å²) in [5, 5.41) is 3.37. The second kappa shape index (κ2) is 7.80. The maximum atomic E-state index is 12.5. The molecule has 0 atom stereocenters. The first kappa shape index (κ1) is 17.0. The molecule has 1 aromatic heterocycles. The zero-order valence-corrected chi connectivity index (χ0v) is 14.6. The maximum Gasteiger partial charge on any atom is 0.254 e. The van der Waals surface area contributed by atoms with Gasteiger partial charge in [-0.15, -0.1) is 0 Å². The Kier molecular flexibility index (Phi) is 5.52. The minimum Gasteiger partial charge on any atom is -0.351 e. The number of rotatable bonds is 5. The number of nitrogens with zero attached hydrogens (tertiary/aromatic N) is 1. The molecular weight excluding hydrogens is 320 g/mol. The second-order valence-corrected chi connectivity index (χ2v) is 7.11. The molecule has 126 valence electrons. The number of hydrogen-bond acceptors (Lipinski definition) is 2. The fourth-order valence-electron chi connectivity index (χ4n) is 3.67. The molecule has 3 nitrogen and oxygen atoms in total. The van der Waals surface area contributed by atoms with Gasteiger partial charge in [-0.25, -0.2) is 4.98 Å². The zero-order chi connectivity index (χ0) is 16.8. The summed E-state index contributed by atoms with van der Waals surface area (Å²) in [5.74, 6) is -0.133. The molecule has 1 N–H and O–H groups in total. The van der Waals surface area contributed by atoms with E-state index >= 15 is 0 Å². The molecule has 1 aliphatic rings. The Bertz CT molecular complexity index is 681. The Morgan fingerprint density at radius 1 is 1.08 bits per heavy atom. The Morgan fingerprint density at radius 3 is 2.54 bits per heavy atom. The van der Waals surface area contributed by atoms with E-state index in [1.807, 2.05) is 6.07 Å². The molecule has 1 aromatic carbocycles. The molecule has 4 heteroatoms. The minimum atomic E-state index is -0.133. The van der Waals surface area contributed by atoms with Crippen LogP contribution in [0, 0.1) is 5.41 Å². The molecule has 1 heterocycles. The molecule has 1 aliphatic carbocycles. The molecule has 2 aromatic rings. The highest BCUT2D eigenvalue weighted by Gasteiger charge is 2.32. The van der Waals surface area contributed by atoms with Gasteiger partial charge in [0, 0.05) is 12.7 Å². The highest BCUT2D eigenvalue weighted by atomic mass is 35.5. The third-order valence-corrected chi connectivity index (χ3v) is 5.27. The van der Waals surface area contributed by atoms with Crippen LogP contribution in [0.1, 0.15) is 48.0 Å². The lowest BCUT2D eigenvalue weighted by atomic mass is 9.70. The Balaban J connectivity index is 1.70. The summed E-state index contributed by atoms with van der Waals surface area (Å²) in [6, 6.07) is 14.0. The maximum absolute atomic E-state index is 12.5. The molecule has 0 unspecified atom stereocenters. The molecule has 0 radical (unpaired) electrons. The van der Waals surface area contributed by atoms with Crippen LogP contribution < -0.4 is 5.32 Å².